The molecule has 4 nitrogen and oxygen atoms in total. The van der Waals surface area contributed by atoms with Gasteiger partial charge in [-0.1, -0.05) is 18.2 Å². The Bertz CT molecular complexity index is 399. The topological polar surface area (TPSA) is 64.3 Å². The highest BCUT2D eigenvalue weighted by molar-refractivity contribution is 5.81. The minimum absolute atomic E-state index is 0.201. The van der Waals surface area contributed by atoms with E-state index in [9.17, 15) is 9.18 Å². The summed E-state index contributed by atoms with van der Waals surface area (Å²) in [5.41, 5.74) is 6.32. The van der Waals surface area contributed by atoms with Crippen LogP contribution in [-0.2, 0) is 16.0 Å². The molecular formula is C14H21FN2O2. The number of rotatable bonds is 8. The highest BCUT2D eigenvalue weighted by Gasteiger charge is 2.12. The Kier molecular flexibility index (Phi) is 7.07. The summed E-state index contributed by atoms with van der Waals surface area (Å²) in [4.78, 5) is 11.6. The number of nitrogens with two attached hydrogens (primary N) is 1. The number of ether oxygens (including phenoxy) is 1. The van der Waals surface area contributed by atoms with E-state index in [0.717, 1.165) is 6.42 Å². The van der Waals surface area contributed by atoms with Crippen LogP contribution in [0.2, 0.25) is 0 Å². The van der Waals surface area contributed by atoms with Gasteiger partial charge in [0, 0.05) is 20.3 Å². The molecule has 1 amide bonds. The number of methoxy groups -OCH3 is 1. The van der Waals surface area contributed by atoms with Gasteiger partial charge in [0.1, 0.15) is 5.82 Å². The molecule has 1 atom stereocenters. The molecule has 106 valence electrons. The summed E-state index contributed by atoms with van der Waals surface area (Å²) in [6, 6.07) is 6.00. The summed E-state index contributed by atoms with van der Waals surface area (Å²) in [5.74, 6) is -0.450. The lowest BCUT2D eigenvalue weighted by Gasteiger charge is -2.12. The van der Waals surface area contributed by atoms with Gasteiger partial charge in [0.2, 0.25) is 5.91 Å². The summed E-state index contributed by atoms with van der Waals surface area (Å²) in [6.07, 6.45) is 1.79. The minimum atomic E-state index is -0.532. The summed E-state index contributed by atoms with van der Waals surface area (Å²) in [5, 5.41) is 2.71. The molecule has 0 saturated heterocycles. The second kappa shape index (κ2) is 8.61. The second-order valence-electron chi connectivity index (χ2n) is 4.37. The molecule has 3 N–H and O–H groups in total. The number of amides is 1. The number of carbonyl (C=O) groups excluding carboxylic acids is 1. The normalized spacial score (nSPS) is 12.2. The Morgan fingerprint density at radius 3 is 2.89 bits per heavy atom. The van der Waals surface area contributed by atoms with E-state index < -0.39 is 6.04 Å². The van der Waals surface area contributed by atoms with E-state index in [4.69, 9.17) is 10.5 Å². The van der Waals surface area contributed by atoms with Crippen molar-refractivity contribution in [1.29, 1.82) is 0 Å². The minimum Gasteiger partial charge on any atom is -0.385 e. The van der Waals surface area contributed by atoms with Crippen LogP contribution in [0, 0.1) is 5.82 Å². The maximum Gasteiger partial charge on any atom is 0.236 e. The summed E-state index contributed by atoms with van der Waals surface area (Å²) < 4.78 is 18.2. The van der Waals surface area contributed by atoms with Crippen LogP contribution in [-0.4, -0.2) is 32.2 Å². The molecule has 0 spiro atoms. The zero-order chi connectivity index (χ0) is 14.1. The van der Waals surface area contributed by atoms with Crippen molar-refractivity contribution in [2.24, 2.45) is 5.73 Å². The van der Waals surface area contributed by atoms with Crippen LogP contribution in [0.25, 0.3) is 0 Å². The summed E-state index contributed by atoms with van der Waals surface area (Å²) >= 11 is 0. The van der Waals surface area contributed by atoms with Crippen molar-refractivity contribution in [2.45, 2.75) is 25.3 Å². The Labute approximate surface area is 113 Å². The summed E-state index contributed by atoms with van der Waals surface area (Å²) in [7, 11) is 1.61. The van der Waals surface area contributed by atoms with Gasteiger partial charge in [-0.2, -0.15) is 0 Å². The maximum atomic E-state index is 13.3. The molecule has 0 saturated carbocycles. The van der Waals surface area contributed by atoms with Gasteiger partial charge < -0.3 is 15.8 Å². The first kappa shape index (κ1) is 15.6. The molecule has 0 fully saturated rings. The first-order chi connectivity index (χ1) is 9.15. The van der Waals surface area contributed by atoms with E-state index in [1.165, 1.54) is 6.07 Å². The van der Waals surface area contributed by atoms with Gasteiger partial charge in [-0.25, -0.2) is 4.39 Å². The fourth-order valence-electron chi connectivity index (χ4n) is 1.73. The van der Waals surface area contributed by atoms with Crippen LogP contribution in [0.1, 0.15) is 18.4 Å². The molecule has 1 unspecified atom stereocenters. The van der Waals surface area contributed by atoms with Gasteiger partial charge in [0.15, 0.2) is 0 Å². The Morgan fingerprint density at radius 2 is 2.21 bits per heavy atom. The highest BCUT2D eigenvalue weighted by Crippen LogP contribution is 2.06. The number of carbonyl (C=O) groups is 1. The van der Waals surface area contributed by atoms with Crippen LogP contribution in [0.5, 0.6) is 0 Å². The van der Waals surface area contributed by atoms with Crippen molar-refractivity contribution in [3.05, 3.63) is 35.6 Å². The monoisotopic (exact) mass is 268 g/mol. The fourth-order valence-corrected chi connectivity index (χ4v) is 1.73. The number of hydrogen-bond acceptors (Lipinski definition) is 3. The standard InChI is InChI=1S/C14H21FN2O2/c1-19-10-4-7-13(16)14(18)17-9-8-11-5-2-3-6-12(11)15/h2-3,5-6,13H,4,7-10,16H2,1H3,(H,17,18). The first-order valence-corrected chi connectivity index (χ1v) is 6.40. The molecule has 1 rings (SSSR count). The Balaban J connectivity index is 2.25. The quantitative estimate of drug-likeness (QED) is 0.697. The molecule has 0 bridgehead atoms. The van der Waals surface area contributed by atoms with Crippen molar-refractivity contribution >= 4 is 5.91 Å². The Hall–Kier alpha value is -1.46. The molecule has 0 aromatic heterocycles. The third-order valence-electron chi connectivity index (χ3n) is 2.85. The molecule has 0 aliphatic rings. The molecule has 0 aliphatic heterocycles. The molecule has 19 heavy (non-hydrogen) atoms. The van der Waals surface area contributed by atoms with Crippen LogP contribution in [0.15, 0.2) is 24.3 Å². The fraction of sp³-hybridized carbons (Fsp3) is 0.500. The second-order valence-corrected chi connectivity index (χ2v) is 4.37. The third kappa shape index (κ3) is 5.81. The van der Waals surface area contributed by atoms with E-state index in [0.29, 0.717) is 31.6 Å². The predicted molar refractivity (Wildman–Crippen MR) is 72.2 cm³/mol. The van der Waals surface area contributed by atoms with Crippen LogP contribution >= 0.6 is 0 Å². The number of halogens is 1. The van der Waals surface area contributed by atoms with E-state index >= 15 is 0 Å². The molecule has 0 radical (unpaired) electrons. The summed E-state index contributed by atoms with van der Waals surface area (Å²) in [6.45, 7) is 0.980. The van der Waals surface area contributed by atoms with Gasteiger partial charge in [-0.15, -0.1) is 0 Å². The average molecular weight is 268 g/mol. The zero-order valence-corrected chi connectivity index (χ0v) is 11.2. The zero-order valence-electron chi connectivity index (χ0n) is 11.2. The van der Waals surface area contributed by atoms with Crippen LogP contribution in [0.4, 0.5) is 4.39 Å². The number of hydrogen-bond donors (Lipinski definition) is 2. The van der Waals surface area contributed by atoms with Crippen molar-refractivity contribution < 1.29 is 13.9 Å². The van der Waals surface area contributed by atoms with Crippen molar-refractivity contribution in [3.8, 4) is 0 Å². The van der Waals surface area contributed by atoms with Gasteiger partial charge >= 0.3 is 0 Å². The van der Waals surface area contributed by atoms with Gasteiger partial charge in [0.25, 0.3) is 0 Å². The lowest BCUT2D eigenvalue weighted by Crippen LogP contribution is -2.41. The van der Waals surface area contributed by atoms with Gasteiger partial charge in [-0.3, -0.25) is 4.79 Å². The molecule has 0 heterocycles. The lowest BCUT2D eigenvalue weighted by molar-refractivity contribution is -0.122. The highest BCUT2D eigenvalue weighted by atomic mass is 19.1. The van der Waals surface area contributed by atoms with Crippen molar-refractivity contribution in [1.82, 2.24) is 5.32 Å². The van der Waals surface area contributed by atoms with Crippen molar-refractivity contribution in [3.63, 3.8) is 0 Å². The largest absolute Gasteiger partial charge is 0.385 e. The first-order valence-electron chi connectivity index (χ1n) is 6.40. The van der Waals surface area contributed by atoms with E-state index in [2.05, 4.69) is 5.32 Å². The predicted octanol–water partition coefficient (Wildman–Crippen LogP) is 1.24. The van der Waals surface area contributed by atoms with E-state index in [1.54, 1.807) is 25.3 Å². The molecule has 1 aromatic carbocycles. The van der Waals surface area contributed by atoms with E-state index in [-0.39, 0.29) is 11.7 Å². The number of nitrogens with one attached hydrogen (secondary N) is 1. The number of benzene rings is 1. The molecule has 5 heteroatoms. The average Bonchev–Trinajstić information content (AvgIpc) is 2.41. The van der Waals surface area contributed by atoms with Crippen LogP contribution < -0.4 is 11.1 Å². The smallest absolute Gasteiger partial charge is 0.236 e. The van der Waals surface area contributed by atoms with Gasteiger partial charge in [0.05, 0.1) is 6.04 Å². The molecule has 0 aliphatic carbocycles. The van der Waals surface area contributed by atoms with Gasteiger partial charge in [-0.05, 0) is 30.9 Å². The lowest BCUT2D eigenvalue weighted by atomic mass is 10.1. The molecular weight excluding hydrogens is 247 g/mol. The van der Waals surface area contributed by atoms with E-state index in [1.807, 2.05) is 0 Å². The maximum absolute atomic E-state index is 13.3. The Morgan fingerprint density at radius 1 is 1.47 bits per heavy atom. The van der Waals surface area contributed by atoms with Crippen LogP contribution in [0.3, 0.4) is 0 Å². The third-order valence-corrected chi connectivity index (χ3v) is 2.85. The SMILES string of the molecule is COCCCC(N)C(=O)NCCc1ccccc1F. The molecule has 1 aromatic rings. The van der Waals surface area contributed by atoms with Crippen molar-refractivity contribution in [2.75, 3.05) is 20.3 Å².